The van der Waals surface area contributed by atoms with Crippen LogP contribution in [0.3, 0.4) is 0 Å². The Kier molecular flexibility index (Phi) is 1.97. The molecular formula is C6H8N4O. The summed E-state index contributed by atoms with van der Waals surface area (Å²) in [7, 11) is 0. The summed E-state index contributed by atoms with van der Waals surface area (Å²) in [6.07, 6.45) is 2.68. The van der Waals surface area contributed by atoms with Gasteiger partial charge in [0.1, 0.15) is 0 Å². The van der Waals surface area contributed by atoms with Gasteiger partial charge in [-0.3, -0.25) is 10.1 Å². The average Bonchev–Trinajstić information content (AvgIpc) is 1.85. The predicted octanol–water partition coefficient (Wildman–Crippen LogP) is -1.04. The molecular weight excluding hydrogens is 144 g/mol. The van der Waals surface area contributed by atoms with Crippen molar-refractivity contribution in [2.24, 2.45) is 0 Å². The molecule has 0 aromatic heterocycles. The highest BCUT2D eigenvalue weighted by molar-refractivity contribution is 5.89. The van der Waals surface area contributed by atoms with E-state index < -0.39 is 6.29 Å². The van der Waals surface area contributed by atoms with Crippen molar-refractivity contribution in [3.05, 3.63) is 11.8 Å². The Labute approximate surface area is 64.1 Å². The van der Waals surface area contributed by atoms with Crippen LogP contribution in [0.1, 0.15) is 6.92 Å². The van der Waals surface area contributed by atoms with Crippen LogP contribution < -0.4 is 16.0 Å². The van der Waals surface area contributed by atoms with Gasteiger partial charge >= 0.3 is 0 Å². The van der Waals surface area contributed by atoms with Gasteiger partial charge in [0.15, 0.2) is 12.5 Å². The Balaban J connectivity index is 2.58. The third-order valence-corrected chi connectivity index (χ3v) is 1.22. The predicted molar refractivity (Wildman–Crippen MR) is 37.6 cm³/mol. The standard InChI is InChI=1S/C6H8N4O/c1-4-2-5(11)10-6(9-4)8-3-7/h2,6,8-9H,1H3,(H,10,11). The molecule has 0 saturated carbocycles. The average molecular weight is 152 g/mol. The summed E-state index contributed by atoms with van der Waals surface area (Å²) < 4.78 is 0. The molecule has 0 bridgehead atoms. The van der Waals surface area contributed by atoms with Gasteiger partial charge in [0.25, 0.3) is 0 Å². The fourth-order valence-corrected chi connectivity index (χ4v) is 0.823. The van der Waals surface area contributed by atoms with Crippen molar-refractivity contribution >= 4 is 5.91 Å². The smallest absolute Gasteiger partial charge is 0.248 e. The van der Waals surface area contributed by atoms with E-state index >= 15 is 0 Å². The van der Waals surface area contributed by atoms with Crippen molar-refractivity contribution < 1.29 is 4.79 Å². The lowest BCUT2D eigenvalue weighted by molar-refractivity contribution is -0.118. The topological polar surface area (TPSA) is 77.0 Å². The van der Waals surface area contributed by atoms with E-state index in [1.165, 1.54) is 6.08 Å². The number of hydrogen-bond acceptors (Lipinski definition) is 4. The molecule has 0 saturated heterocycles. The van der Waals surface area contributed by atoms with Gasteiger partial charge in [0.05, 0.1) is 0 Å². The van der Waals surface area contributed by atoms with Crippen LogP contribution in [0.15, 0.2) is 11.8 Å². The van der Waals surface area contributed by atoms with Crippen LogP contribution >= 0.6 is 0 Å². The van der Waals surface area contributed by atoms with E-state index in [4.69, 9.17) is 5.26 Å². The Morgan fingerprint density at radius 1 is 1.73 bits per heavy atom. The third kappa shape index (κ3) is 1.86. The van der Waals surface area contributed by atoms with Gasteiger partial charge in [-0.25, -0.2) is 0 Å². The largest absolute Gasteiger partial charge is 0.351 e. The molecule has 0 spiro atoms. The van der Waals surface area contributed by atoms with Gasteiger partial charge in [-0.15, -0.1) is 0 Å². The minimum atomic E-state index is -0.475. The van der Waals surface area contributed by atoms with Crippen LogP contribution in [0.5, 0.6) is 0 Å². The van der Waals surface area contributed by atoms with Crippen molar-refractivity contribution in [3.8, 4) is 6.19 Å². The molecule has 3 N–H and O–H groups in total. The van der Waals surface area contributed by atoms with E-state index in [-0.39, 0.29) is 5.91 Å². The van der Waals surface area contributed by atoms with Gasteiger partial charge in [-0.05, 0) is 6.92 Å². The van der Waals surface area contributed by atoms with Crippen molar-refractivity contribution in [1.29, 1.82) is 5.26 Å². The molecule has 0 fully saturated rings. The van der Waals surface area contributed by atoms with Crippen LogP contribution in [0, 0.1) is 11.5 Å². The highest BCUT2D eigenvalue weighted by atomic mass is 16.1. The molecule has 58 valence electrons. The molecule has 1 rings (SSSR count). The molecule has 5 nitrogen and oxygen atoms in total. The van der Waals surface area contributed by atoms with Gasteiger partial charge < -0.3 is 10.6 Å². The number of allylic oxidation sites excluding steroid dienone is 1. The summed E-state index contributed by atoms with van der Waals surface area (Å²) in [5.74, 6) is -0.200. The quantitative estimate of drug-likeness (QED) is 0.331. The minimum absolute atomic E-state index is 0.200. The van der Waals surface area contributed by atoms with Gasteiger partial charge in [-0.1, -0.05) is 0 Å². The zero-order valence-corrected chi connectivity index (χ0v) is 6.01. The fraction of sp³-hybridized carbons (Fsp3) is 0.333. The molecule has 1 aliphatic heterocycles. The van der Waals surface area contributed by atoms with Crippen LogP contribution in [0.2, 0.25) is 0 Å². The zero-order chi connectivity index (χ0) is 8.27. The number of hydrogen-bond donors (Lipinski definition) is 3. The summed E-state index contributed by atoms with van der Waals surface area (Å²) >= 11 is 0. The van der Waals surface area contributed by atoms with E-state index in [1.807, 2.05) is 0 Å². The van der Waals surface area contributed by atoms with Crippen molar-refractivity contribution in [2.45, 2.75) is 13.2 Å². The highest BCUT2D eigenvalue weighted by Gasteiger charge is 2.14. The lowest BCUT2D eigenvalue weighted by Crippen LogP contribution is -2.54. The number of amides is 1. The Bertz CT molecular complexity index is 239. The van der Waals surface area contributed by atoms with Crippen molar-refractivity contribution in [3.63, 3.8) is 0 Å². The molecule has 0 radical (unpaired) electrons. The van der Waals surface area contributed by atoms with E-state index in [0.29, 0.717) is 0 Å². The first-order chi connectivity index (χ1) is 5.22. The van der Waals surface area contributed by atoms with Gasteiger partial charge in [0, 0.05) is 11.8 Å². The Hall–Kier alpha value is -1.70. The SMILES string of the molecule is CC1=CC(=O)NC(NC#N)N1. The maximum absolute atomic E-state index is 10.8. The molecule has 5 heteroatoms. The second-order valence-corrected chi connectivity index (χ2v) is 2.17. The first-order valence-corrected chi connectivity index (χ1v) is 3.12. The van der Waals surface area contributed by atoms with E-state index in [0.717, 1.165) is 5.70 Å². The van der Waals surface area contributed by atoms with Gasteiger partial charge in [-0.2, -0.15) is 5.26 Å². The lowest BCUT2D eigenvalue weighted by Gasteiger charge is -2.22. The summed E-state index contributed by atoms with van der Waals surface area (Å²) in [6, 6.07) is 0. The molecule has 0 aromatic carbocycles. The maximum atomic E-state index is 10.8. The fourth-order valence-electron chi connectivity index (χ4n) is 0.823. The monoisotopic (exact) mass is 152 g/mol. The van der Waals surface area contributed by atoms with Crippen LogP contribution in [0.4, 0.5) is 0 Å². The number of nitrogens with one attached hydrogen (secondary N) is 3. The molecule has 0 aliphatic carbocycles. The third-order valence-electron chi connectivity index (χ3n) is 1.22. The van der Waals surface area contributed by atoms with E-state index in [9.17, 15) is 4.79 Å². The van der Waals surface area contributed by atoms with Crippen molar-refractivity contribution in [1.82, 2.24) is 16.0 Å². The molecule has 1 aliphatic rings. The maximum Gasteiger partial charge on any atom is 0.248 e. The van der Waals surface area contributed by atoms with Crippen LogP contribution in [-0.4, -0.2) is 12.2 Å². The number of carbonyl (C=O) groups excluding carboxylic acids is 1. The Morgan fingerprint density at radius 2 is 2.45 bits per heavy atom. The van der Waals surface area contributed by atoms with Crippen LogP contribution in [0.25, 0.3) is 0 Å². The Morgan fingerprint density at radius 3 is 3.00 bits per heavy atom. The molecule has 1 amide bonds. The number of carbonyl (C=O) groups is 1. The van der Waals surface area contributed by atoms with E-state index in [2.05, 4.69) is 16.0 Å². The first kappa shape index (κ1) is 7.41. The second-order valence-electron chi connectivity index (χ2n) is 2.17. The molecule has 11 heavy (non-hydrogen) atoms. The summed E-state index contributed by atoms with van der Waals surface area (Å²) in [5.41, 5.74) is 0.738. The second kappa shape index (κ2) is 2.92. The number of nitrogens with zero attached hydrogens (tertiary/aromatic N) is 1. The molecule has 1 heterocycles. The summed E-state index contributed by atoms with van der Waals surface area (Å²) in [5, 5.41) is 15.9. The molecule has 1 atom stereocenters. The minimum Gasteiger partial charge on any atom is -0.351 e. The number of nitriles is 1. The van der Waals surface area contributed by atoms with E-state index in [1.54, 1.807) is 13.1 Å². The van der Waals surface area contributed by atoms with Gasteiger partial charge in [0.2, 0.25) is 5.91 Å². The molecule has 0 aromatic rings. The summed E-state index contributed by atoms with van der Waals surface area (Å²) in [6.45, 7) is 1.75. The summed E-state index contributed by atoms with van der Waals surface area (Å²) in [4.78, 5) is 10.8. The number of rotatable bonds is 1. The lowest BCUT2D eigenvalue weighted by atomic mass is 10.3. The highest BCUT2D eigenvalue weighted by Crippen LogP contribution is 1.93. The normalized spacial score (nSPS) is 22.4. The zero-order valence-electron chi connectivity index (χ0n) is 6.01. The van der Waals surface area contributed by atoms with Crippen molar-refractivity contribution in [2.75, 3.05) is 0 Å². The molecule has 1 unspecified atom stereocenters. The van der Waals surface area contributed by atoms with Crippen LogP contribution in [-0.2, 0) is 4.79 Å². The first-order valence-electron chi connectivity index (χ1n) is 3.12.